The van der Waals surface area contributed by atoms with Crippen molar-refractivity contribution >= 4 is 23.5 Å². The van der Waals surface area contributed by atoms with E-state index in [9.17, 15) is 5.11 Å². The van der Waals surface area contributed by atoms with Crippen LogP contribution >= 0.6 is 12.2 Å². The average molecular weight is 420 g/mol. The molecule has 5 heteroatoms. The Kier molecular flexibility index (Phi) is 16.1. The second-order valence-electron chi connectivity index (χ2n) is 7.81. The number of phenols is 1. The van der Waals surface area contributed by atoms with E-state index in [2.05, 4.69) is 22.8 Å². The van der Waals surface area contributed by atoms with E-state index in [1.807, 2.05) is 0 Å². The first-order valence-corrected chi connectivity index (χ1v) is 12.0. The van der Waals surface area contributed by atoms with Crippen LogP contribution in [-0.4, -0.2) is 23.0 Å². The predicted molar refractivity (Wildman–Crippen MR) is 130 cm³/mol. The first kappa shape index (κ1) is 25.4. The Hall–Kier alpha value is -1.62. The fraction of sp³-hybridized carbons (Fsp3) is 0.667. The summed E-state index contributed by atoms with van der Waals surface area (Å²) in [4.78, 5) is 0. The van der Waals surface area contributed by atoms with E-state index >= 15 is 0 Å². The largest absolute Gasteiger partial charge is 0.508 e. The molecule has 1 aromatic rings. The van der Waals surface area contributed by atoms with Crippen LogP contribution in [0.25, 0.3) is 0 Å². The molecule has 0 saturated carbocycles. The summed E-state index contributed by atoms with van der Waals surface area (Å²) in [6.07, 6.45) is 20.9. The third kappa shape index (κ3) is 15.9. The molecule has 0 amide bonds. The van der Waals surface area contributed by atoms with Gasteiger partial charge in [0.2, 0.25) is 0 Å². The molecular weight excluding hydrogens is 378 g/mol. The van der Waals surface area contributed by atoms with Crippen molar-refractivity contribution in [1.29, 1.82) is 0 Å². The molecule has 0 saturated heterocycles. The number of phenolic OH excluding ortho intramolecular Hbond substituents is 1. The highest BCUT2D eigenvalue weighted by Gasteiger charge is 1.96. The lowest BCUT2D eigenvalue weighted by atomic mass is 10.0. The summed E-state index contributed by atoms with van der Waals surface area (Å²) < 4.78 is 0. The first-order chi connectivity index (χ1) is 14.2. The number of hydrogen-bond donors (Lipinski definition) is 3. The van der Waals surface area contributed by atoms with Gasteiger partial charge >= 0.3 is 0 Å². The number of thiocarbonyl (C=S) groups is 1. The molecule has 0 aliphatic heterocycles. The fourth-order valence-corrected chi connectivity index (χ4v) is 3.44. The molecule has 0 bridgehead atoms. The number of nitrogens with one attached hydrogen (secondary N) is 2. The fourth-order valence-electron chi connectivity index (χ4n) is 3.29. The van der Waals surface area contributed by atoms with Gasteiger partial charge in [0, 0.05) is 6.54 Å². The van der Waals surface area contributed by atoms with Gasteiger partial charge in [-0.1, -0.05) is 90.4 Å². The maximum atomic E-state index is 9.24. The Bertz CT molecular complexity index is 546. The van der Waals surface area contributed by atoms with Crippen molar-refractivity contribution in [2.45, 2.75) is 96.8 Å². The van der Waals surface area contributed by atoms with Crippen LogP contribution in [0.3, 0.4) is 0 Å². The van der Waals surface area contributed by atoms with Crippen molar-refractivity contribution in [3.63, 3.8) is 0 Å². The highest BCUT2D eigenvalue weighted by Crippen LogP contribution is 2.12. The van der Waals surface area contributed by atoms with Crippen LogP contribution in [0.1, 0.15) is 102 Å². The van der Waals surface area contributed by atoms with Crippen molar-refractivity contribution in [2.75, 3.05) is 6.54 Å². The van der Waals surface area contributed by atoms with Gasteiger partial charge in [-0.25, -0.2) is 0 Å². The van der Waals surface area contributed by atoms with E-state index in [-0.39, 0.29) is 5.75 Å². The zero-order valence-corrected chi connectivity index (χ0v) is 19.1. The monoisotopic (exact) mass is 419 g/mol. The first-order valence-electron chi connectivity index (χ1n) is 11.6. The summed E-state index contributed by atoms with van der Waals surface area (Å²) in [6.45, 7) is 3.17. The molecule has 164 valence electrons. The van der Waals surface area contributed by atoms with E-state index < -0.39 is 0 Å². The molecule has 0 fully saturated rings. The molecule has 0 unspecified atom stereocenters. The molecule has 0 heterocycles. The number of unbranched alkanes of at least 4 members (excludes halogenated alkanes) is 13. The topological polar surface area (TPSA) is 56.7 Å². The van der Waals surface area contributed by atoms with Crippen molar-refractivity contribution in [3.05, 3.63) is 29.8 Å². The summed E-state index contributed by atoms with van der Waals surface area (Å²) in [5.41, 5.74) is 3.73. The number of nitrogens with zero attached hydrogens (tertiary/aromatic N) is 1. The average Bonchev–Trinajstić information content (AvgIpc) is 2.72. The Morgan fingerprint density at radius 1 is 0.828 bits per heavy atom. The van der Waals surface area contributed by atoms with E-state index in [0.717, 1.165) is 18.5 Å². The van der Waals surface area contributed by atoms with Crippen LogP contribution in [-0.2, 0) is 0 Å². The molecule has 0 aliphatic rings. The second-order valence-corrected chi connectivity index (χ2v) is 8.22. The molecule has 0 aliphatic carbocycles. The standard InChI is InChI=1S/C24H41N3OS/c1-2-3-4-5-6-7-8-9-10-11-12-13-14-15-20-25-24(29)27-26-21-22-16-18-23(28)19-17-22/h16-19,21,28H,2-15,20H2,1H3,(H2,25,27,29)/b26-21-. The van der Waals surface area contributed by atoms with Crippen LogP contribution in [0.2, 0.25) is 0 Å². The number of hydrazone groups is 1. The Balaban J connectivity index is 1.83. The number of benzene rings is 1. The van der Waals surface area contributed by atoms with Crippen LogP contribution in [0, 0.1) is 0 Å². The van der Waals surface area contributed by atoms with Gasteiger partial charge in [0.25, 0.3) is 0 Å². The second kappa shape index (κ2) is 18.4. The van der Waals surface area contributed by atoms with Gasteiger partial charge in [-0.2, -0.15) is 5.10 Å². The normalized spacial score (nSPS) is 11.1. The lowest BCUT2D eigenvalue weighted by Crippen LogP contribution is -2.32. The number of rotatable bonds is 17. The summed E-state index contributed by atoms with van der Waals surface area (Å²) in [6, 6.07) is 6.86. The maximum Gasteiger partial charge on any atom is 0.186 e. The molecular formula is C24H41N3OS. The van der Waals surface area contributed by atoms with E-state index in [0.29, 0.717) is 5.11 Å². The molecule has 3 N–H and O–H groups in total. The zero-order valence-electron chi connectivity index (χ0n) is 18.3. The minimum Gasteiger partial charge on any atom is -0.508 e. The summed E-state index contributed by atoms with van der Waals surface area (Å²) in [5, 5.41) is 17.1. The third-order valence-electron chi connectivity index (χ3n) is 5.09. The van der Waals surface area contributed by atoms with E-state index in [1.165, 1.54) is 83.5 Å². The molecule has 0 spiro atoms. The lowest BCUT2D eigenvalue weighted by molar-refractivity contribution is 0.475. The molecule has 1 aromatic carbocycles. The quantitative estimate of drug-likeness (QED) is 0.114. The Morgan fingerprint density at radius 2 is 1.31 bits per heavy atom. The van der Waals surface area contributed by atoms with Gasteiger partial charge in [-0.05, 0) is 48.5 Å². The minimum absolute atomic E-state index is 0.250. The third-order valence-corrected chi connectivity index (χ3v) is 5.32. The van der Waals surface area contributed by atoms with Gasteiger partial charge in [0.05, 0.1) is 6.21 Å². The Morgan fingerprint density at radius 3 is 1.83 bits per heavy atom. The molecule has 0 aromatic heterocycles. The highest BCUT2D eigenvalue weighted by atomic mass is 32.1. The van der Waals surface area contributed by atoms with Gasteiger partial charge in [-0.15, -0.1) is 0 Å². The summed E-state index contributed by atoms with van der Waals surface area (Å²) in [5.74, 6) is 0.250. The van der Waals surface area contributed by atoms with Crippen molar-refractivity contribution < 1.29 is 5.11 Å². The van der Waals surface area contributed by atoms with Crippen molar-refractivity contribution in [2.24, 2.45) is 5.10 Å². The molecule has 1 rings (SSSR count). The summed E-state index contributed by atoms with van der Waals surface area (Å²) in [7, 11) is 0. The molecule has 0 radical (unpaired) electrons. The van der Waals surface area contributed by atoms with Crippen molar-refractivity contribution in [3.8, 4) is 5.75 Å². The van der Waals surface area contributed by atoms with Crippen molar-refractivity contribution in [1.82, 2.24) is 10.7 Å². The zero-order chi connectivity index (χ0) is 21.0. The van der Waals surface area contributed by atoms with Crippen LogP contribution < -0.4 is 10.7 Å². The smallest absolute Gasteiger partial charge is 0.186 e. The summed E-state index contributed by atoms with van der Waals surface area (Å²) >= 11 is 5.21. The molecule has 29 heavy (non-hydrogen) atoms. The lowest BCUT2D eigenvalue weighted by Gasteiger charge is -2.07. The van der Waals surface area contributed by atoms with Gasteiger partial charge < -0.3 is 10.4 Å². The SMILES string of the molecule is CCCCCCCCCCCCCCCCNC(=S)N/N=C\c1ccc(O)cc1. The van der Waals surface area contributed by atoms with Gasteiger partial charge in [0.1, 0.15) is 5.75 Å². The number of aromatic hydroxyl groups is 1. The highest BCUT2D eigenvalue weighted by molar-refractivity contribution is 7.80. The van der Waals surface area contributed by atoms with Crippen LogP contribution in [0.4, 0.5) is 0 Å². The predicted octanol–water partition coefficient (Wildman–Crippen LogP) is 6.67. The van der Waals surface area contributed by atoms with Crippen LogP contribution in [0.15, 0.2) is 29.4 Å². The minimum atomic E-state index is 0.250. The molecule has 4 nitrogen and oxygen atoms in total. The van der Waals surface area contributed by atoms with E-state index in [1.54, 1.807) is 30.5 Å². The van der Waals surface area contributed by atoms with E-state index in [4.69, 9.17) is 12.2 Å². The number of hydrogen-bond acceptors (Lipinski definition) is 3. The molecule has 0 atom stereocenters. The maximum absolute atomic E-state index is 9.24. The van der Waals surface area contributed by atoms with Gasteiger partial charge in [-0.3, -0.25) is 5.43 Å². The van der Waals surface area contributed by atoms with Crippen LogP contribution in [0.5, 0.6) is 5.75 Å². The Labute approximate surface area is 183 Å². The van der Waals surface area contributed by atoms with Gasteiger partial charge in [0.15, 0.2) is 5.11 Å².